The average Bonchev–Trinajstić information content (AvgIpc) is 2.66. The van der Waals surface area contributed by atoms with E-state index in [-0.39, 0.29) is 6.42 Å². The Bertz CT molecular complexity index is 479. The molecular formula is C11H10N2O3. The average molecular weight is 218 g/mol. The predicted octanol–water partition coefficient (Wildman–Crippen LogP) is 1.29. The van der Waals surface area contributed by atoms with Crippen LogP contribution in [0.2, 0.25) is 0 Å². The van der Waals surface area contributed by atoms with Crippen molar-refractivity contribution in [1.29, 1.82) is 0 Å². The number of carboxylic acid groups (broad SMARTS) is 1. The molecule has 82 valence electrons. The Hall–Kier alpha value is -2.17. The number of rotatable bonds is 4. The second-order valence-corrected chi connectivity index (χ2v) is 3.39. The van der Waals surface area contributed by atoms with E-state index in [4.69, 9.17) is 5.11 Å². The molecule has 0 bridgehead atoms. The van der Waals surface area contributed by atoms with E-state index in [9.17, 15) is 4.79 Å². The molecule has 1 aromatic carbocycles. The van der Waals surface area contributed by atoms with Gasteiger partial charge in [0.15, 0.2) is 0 Å². The van der Waals surface area contributed by atoms with Crippen molar-refractivity contribution < 1.29 is 14.5 Å². The number of hydrogen-bond acceptors (Lipinski definition) is 4. The van der Waals surface area contributed by atoms with Gasteiger partial charge in [-0.2, -0.15) is 0 Å². The molecule has 0 aliphatic carbocycles. The third kappa shape index (κ3) is 2.44. The highest BCUT2D eigenvalue weighted by atomic mass is 16.6. The smallest absolute Gasteiger partial charge is 0.309 e. The summed E-state index contributed by atoms with van der Waals surface area (Å²) in [6, 6.07) is 9.64. The van der Waals surface area contributed by atoms with Gasteiger partial charge >= 0.3 is 5.97 Å². The van der Waals surface area contributed by atoms with Crippen LogP contribution in [0.15, 0.2) is 35.0 Å². The molecular weight excluding hydrogens is 208 g/mol. The standard InChI is InChI=1S/C11H10N2O3/c14-11(15)7-10-9(12-16-13-10)6-8-4-2-1-3-5-8/h1-5H,6-7H2,(H,14,15). The maximum atomic E-state index is 10.6. The molecule has 1 heterocycles. The number of hydrogen-bond donors (Lipinski definition) is 1. The fourth-order valence-corrected chi connectivity index (χ4v) is 1.43. The van der Waals surface area contributed by atoms with Gasteiger partial charge in [0.1, 0.15) is 11.4 Å². The zero-order chi connectivity index (χ0) is 11.4. The van der Waals surface area contributed by atoms with Crippen LogP contribution in [0.1, 0.15) is 17.0 Å². The Morgan fingerprint density at radius 3 is 2.56 bits per heavy atom. The summed E-state index contributed by atoms with van der Waals surface area (Å²) in [5.41, 5.74) is 2.01. The molecule has 0 radical (unpaired) electrons. The highest BCUT2D eigenvalue weighted by Crippen LogP contribution is 2.10. The van der Waals surface area contributed by atoms with Gasteiger partial charge in [0.2, 0.25) is 0 Å². The minimum absolute atomic E-state index is 0.161. The van der Waals surface area contributed by atoms with E-state index in [2.05, 4.69) is 14.9 Å². The maximum absolute atomic E-state index is 10.6. The van der Waals surface area contributed by atoms with Gasteiger partial charge < -0.3 is 5.11 Å². The highest BCUT2D eigenvalue weighted by Gasteiger charge is 2.13. The third-order valence-corrected chi connectivity index (χ3v) is 2.17. The largest absolute Gasteiger partial charge is 0.481 e. The van der Waals surface area contributed by atoms with Gasteiger partial charge in [0.05, 0.1) is 6.42 Å². The van der Waals surface area contributed by atoms with E-state index < -0.39 is 5.97 Å². The van der Waals surface area contributed by atoms with Crippen LogP contribution >= 0.6 is 0 Å². The molecule has 0 aliphatic rings. The molecule has 2 rings (SSSR count). The molecule has 0 unspecified atom stereocenters. The van der Waals surface area contributed by atoms with E-state index in [1.165, 1.54) is 0 Å². The zero-order valence-electron chi connectivity index (χ0n) is 8.46. The summed E-state index contributed by atoms with van der Waals surface area (Å²) in [6.07, 6.45) is 0.374. The molecule has 0 aliphatic heterocycles. The van der Waals surface area contributed by atoms with Crippen LogP contribution in [0.3, 0.4) is 0 Å². The Morgan fingerprint density at radius 2 is 1.88 bits per heavy atom. The quantitative estimate of drug-likeness (QED) is 0.836. The molecule has 1 aromatic heterocycles. The van der Waals surface area contributed by atoms with Crippen molar-refractivity contribution in [3.8, 4) is 0 Å². The fourth-order valence-electron chi connectivity index (χ4n) is 1.43. The lowest BCUT2D eigenvalue weighted by Crippen LogP contribution is -2.04. The third-order valence-electron chi connectivity index (χ3n) is 2.17. The van der Waals surface area contributed by atoms with Gasteiger partial charge in [-0.15, -0.1) is 0 Å². The fraction of sp³-hybridized carbons (Fsp3) is 0.182. The van der Waals surface area contributed by atoms with Crippen LogP contribution in [0, 0.1) is 0 Å². The summed E-state index contributed by atoms with van der Waals surface area (Å²) in [5, 5.41) is 16.0. The van der Waals surface area contributed by atoms with E-state index in [0.717, 1.165) is 5.56 Å². The van der Waals surface area contributed by atoms with Gasteiger partial charge in [-0.05, 0) is 5.56 Å². The number of carbonyl (C=O) groups is 1. The van der Waals surface area contributed by atoms with Crippen molar-refractivity contribution in [3.63, 3.8) is 0 Å². The van der Waals surface area contributed by atoms with E-state index >= 15 is 0 Å². The van der Waals surface area contributed by atoms with Gasteiger partial charge in [-0.1, -0.05) is 40.6 Å². The van der Waals surface area contributed by atoms with Crippen LogP contribution in [0.4, 0.5) is 0 Å². The van der Waals surface area contributed by atoms with Crippen molar-refractivity contribution in [2.45, 2.75) is 12.8 Å². The Kier molecular flexibility index (Phi) is 2.95. The van der Waals surface area contributed by atoms with E-state index in [1.54, 1.807) is 0 Å². The number of aromatic nitrogens is 2. The lowest BCUT2D eigenvalue weighted by molar-refractivity contribution is -0.136. The second kappa shape index (κ2) is 4.57. The van der Waals surface area contributed by atoms with Crippen molar-refractivity contribution in [3.05, 3.63) is 47.3 Å². The minimum atomic E-state index is -0.940. The van der Waals surface area contributed by atoms with Crippen LogP contribution in [0.5, 0.6) is 0 Å². The minimum Gasteiger partial charge on any atom is -0.481 e. The molecule has 0 saturated heterocycles. The maximum Gasteiger partial charge on any atom is 0.309 e. The van der Waals surface area contributed by atoms with Gasteiger partial charge in [-0.3, -0.25) is 4.79 Å². The first-order valence-electron chi connectivity index (χ1n) is 4.81. The molecule has 0 fully saturated rings. The zero-order valence-corrected chi connectivity index (χ0v) is 8.46. The first kappa shape index (κ1) is 10.4. The van der Waals surface area contributed by atoms with Crippen molar-refractivity contribution in [1.82, 2.24) is 10.3 Å². The monoisotopic (exact) mass is 218 g/mol. The molecule has 5 nitrogen and oxygen atoms in total. The number of aliphatic carboxylic acids is 1. The van der Waals surface area contributed by atoms with Crippen LogP contribution in [-0.4, -0.2) is 21.4 Å². The molecule has 0 atom stereocenters. The van der Waals surface area contributed by atoms with Crippen molar-refractivity contribution in [2.24, 2.45) is 0 Å². The molecule has 0 spiro atoms. The van der Waals surface area contributed by atoms with Crippen LogP contribution in [0.25, 0.3) is 0 Å². The van der Waals surface area contributed by atoms with Gasteiger partial charge in [0.25, 0.3) is 0 Å². The molecule has 16 heavy (non-hydrogen) atoms. The first-order chi connectivity index (χ1) is 7.75. The summed E-state index contributed by atoms with van der Waals surface area (Å²) >= 11 is 0. The second-order valence-electron chi connectivity index (χ2n) is 3.39. The van der Waals surface area contributed by atoms with Crippen LogP contribution in [-0.2, 0) is 17.6 Å². The van der Waals surface area contributed by atoms with E-state index in [1.807, 2.05) is 30.3 Å². The summed E-state index contributed by atoms with van der Waals surface area (Å²) in [6.45, 7) is 0. The summed E-state index contributed by atoms with van der Waals surface area (Å²) < 4.78 is 4.56. The Morgan fingerprint density at radius 1 is 1.19 bits per heavy atom. The van der Waals surface area contributed by atoms with Crippen LogP contribution < -0.4 is 0 Å². The molecule has 5 heteroatoms. The summed E-state index contributed by atoms with van der Waals surface area (Å²) in [4.78, 5) is 10.6. The molecule has 0 saturated carbocycles. The van der Waals surface area contributed by atoms with Gasteiger partial charge in [0, 0.05) is 6.42 Å². The molecule has 0 amide bonds. The lowest BCUT2D eigenvalue weighted by Gasteiger charge is -1.97. The Balaban J connectivity index is 2.16. The highest BCUT2D eigenvalue weighted by molar-refractivity contribution is 5.69. The van der Waals surface area contributed by atoms with E-state index in [0.29, 0.717) is 17.8 Å². The SMILES string of the molecule is O=C(O)Cc1nonc1Cc1ccccc1. The summed E-state index contributed by atoms with van der Waals surface area (Å²) in [5.74, 6) is -0.940. The lowest BCUT2D eigenvalue weighted by atomic mass is 10.1. The number of carboxylic acids is 1. The van der Waals surface area contributed by atoms with Gasteiger partial charge in [-0.25, -0.2) is 4.63 Å². The Labute approximate surface area is 91.7 Å². The number of nitrogens with zero attached hydrogens (tertiary/aromatic N) is 2. The predicted molar refractivity (Wildman–Crippen MR) is 54.9 cm³/mol. The normalized spacial score (nSPS) is 10.2. The van der Waals surface area contributed by atoms with Crippen molar-refractivity contribution >= 4 is 5.97 Å². The number of benzene rings is 1. The molecule has 1 N–H and O–H groups in total. The topological polar surface area (TPSA) is 76.2 Å². The van der Waals surface area contributed by atoms with Crippen molar-refractivity contribution in [2.75, 3.05) is 0 Å². The summed E-state index contributed by atoms with van der Waals surface area (Å²) in [7, 11) is 0. The molecule has 2 aromatic rings. The first-order valence-corrected chi connectivity index (χ1v) is 4.81.